The summed E-state index contributed by atoms with van der Waals surface area (Å²) in [5.41, 5.74) is 0.640. The Bertz CT molecular complexity index is 367. The number of oxazole rings is 1. The fourth-order valence-corrected chi connectivity index (χ4v) is 1.73. The lowest BCUT2D eigenvalue weighted by Gasteiger charge is -2.01. The van der Waals surface area contributed by atoms with Crippen molar-refractivity contribution >= 4 is 5.97 Å². The fourth-order valence-electron chi connectivity index (χ4n) is 1.73. The van der Waals surface area contributed by atoms with Gasteiger partial charge in [0, 0.05) is 12.3 Å². The van der Waals surface area contributed by atoms with Crippen LogP contribution in [0.15, 0.2) is 4.42 Å². The molecule has 4 heteroatoms. The zero-order chi connectivity index (χ0) is 10.3. The van der Waals surface area contributed by atoms with Crippen LogP contribution in [0, 0.1) is 0 Å². The molecule has 0 radical (unpaired) electrons. The largest absolute Gasteiger partial charge is 0.481 e. The van der Waals surface area contributed by atoms with E-state index in [9.17, 15) is 4.79 Å². The Labute approximate surface area is 81.9 Å². The van der Waals surface area contributed by atoms with Gasteiger partial charge in [0.25, 0.3) is 0 Å². The molecule has 76 valence electrons. The van der Waals surface area contributed by atoms with Crippen molar-refractivity contribution in [2.75, 3.05) is 0 Å². The molecule has 4 nitrogen and oxygen atoms in total. The summed E-state index contributed by atoms with van der Waals surface area (Å²) in [5, 5.41) is 8.93. The number of aromatic nitrogens is 1. The number of carboxylic acid groups (broad SMARTS) is 1. The lowest BCUT2D eigenvalue weighted by Crippen LogP contribution is -2.08. The molecule has 1 unspecified atom stereocenters. The summed E-state index contributed by atoms with van der Waals surface area (Å²) < 4.78 is 5.49. The number of fused-ring (bicyclic) bond motifs is 1. The van der Waals surface area contributed by atoms with Gasteiger partial charge in [-0.15, -0.1) is 0 Å². The van der Waals surface area contributed by atoms with Gasteiger partial charge in [-0.2, -0.15) is 0 Å². The van der Waals surface area contributed by atoms with E-state index in [1.54, 1.807) is 0 Å². The minimum Gasteiger partial charge on any atom is -0.481 e. The van der Waals surface area contributed by atoms with Crippen molar-refractivity contribution in [3.05, 3.63) is 17.3 Å². The molecule has 0 fully saturated rings. The van der Waals surface area contributed by atoms with E-state index in [4.69, 9.17) is 9.52 Å². The molecule has 1 aliphatic carbocycles. The quantitative estimate of drug-likeness (QED) is 0.782. The average Bonchev–Trinajstić information content (AvgIpc) is 2.58. The van der Waals surface area contributed by atoms with E-state index in [0.717, 1.165) is 5.76 Å². The van der Waals surface area contributed by atoms with Crippen LogP contribution in [0.25, 0.3) is 0 Å². The maximum absolute atomic E-state index is 10.9. The fraction of sp³-hybridized carbons (Fsp3) is 0.600. The van der Waals surface area contributed by atoms with Crippen LogP contribution >= 0.6 is 0 Å². The van der Waals surface area contributed by atoms with Crippen LogP contribution < -0.4 is 0 Å². The van der Waals surface area contributed by atoms with Crippen LogP contribution in [0.2, 0.25) is 0 Å². The van der Waals surface area contributed by atoms with E-state index in [-0.39, 0.29) is 5.92 Å². The van der Waals surface area contributed by atoms with Gasteiger partial charge in [0.1, 0.15) is 11.7 Å². The Balaban J connectivity index is 2.35. The van der Waals surface area contributed by atoms with Gasteiger partial charge in [-0.1, -0.05) is 13.8 Å². The molecule has 0 amide bonds. The second-order valence-electron chi connectivity index (χ2n) is 3.94. The zero-order valence-corrected chi connectivity index (χ0v) is 8.28. The highest BCUT2D eigenvalue weighted by molar-refractivity contribution is 5.76. The minimum atomic E-state index is -0.799. The first-order valence-corrected chi connectivity index (χ1v) is 4.82. The molecule has 1 aliphatic rings. The molecule has 1 aromatic rings. The molecule has 1 N–H and O–H groups in total. The van der Waals surface area contributed by atoms with Gasteiger partial charge < -0.3 is 9.52 Å². The molecule has 0 spiro atoms. The number of hydrogen-bond donors (Lipinski definition) is 1. The number of nitrogens with zero attached hydrogens (tertiary/aromatic N) is 1. The van der Waals surface area contributed by atoms with Crippen molar-refractivity contribution < 1.29 is 14.3 Å². The molecule has 0 bridgehead atoms. The molecular weight excluding hydrogens is 182 g/mol. The summed E-state index contributed by atoms with van der Waals surface area (Å²) in [4.78, 5) is 15.1. The number of carboxylic acids is 1. The Morgan fingerprint density at radius 1 is 1.64 bits per heavy atom. The Kier molecular flexibility index (Phi) is 2.06. The second kappa shape index (κ2) is 3.12. The van der Waals surface area contributed by atoms with Crippen LogP contribution in [-0.2, 0) is 11.2 Å². The van der Waals surface area contributed by atoms with Crippen LogP contribution in [0.5, 0.6) is 0 Å². The van der Waals surface area contributed by atoms with Crippen molar-refractivity contribution in [1.82, 2.24) is 4.98 Å². The SMILES string of the molecule is CC(C)c1nc2c(o1)CCC2C(=O)O. The minimum absolute atomic E-state index is 0.218. The van der Waals surface area contributed by atoms with Crippen LogP contribution in [0.4, 0.5) is 0 Å². The summed E-state index contributed by atoms with van der Waals surface area (Å²) in [5.74, 6) is 0.380. The Hall–Kier alpha value is -1.32. The Morgan fingerprint density at radius 2 is 2.36 bits per heavy atom. The monoisotopic (exact) mass is 195 g/mol. The van der Waals surface area contributed by atoms with Crippen LogP contribution in [0.1, 0.15) is 49.4 Å². The highest BCUT2D eigenvalue weighted by Gasteiger charge is 2.34. The third kappa shape index (κ3) is 1.31. The zero-order valence-electron chi connectivity index (χ0n) is 8.28. The maximum Gasteiger partial charge on any atom is 0.312 e. The molecule has 0 saturated carbocycles. The van der Waals surface area contributed by atoms with Gasteiger partial charge in [-0.05, 0) is 6.42 Å². The molecule has 1 aromatic heterocycles. The standard InChI is InChI=1S/C10H13NO3/c1-5(2)9-11-8-6(10(12)13)3-4-7(8)14-9/h5-6H,3-4H2,1-2H3,(H,12,13). The predicted octanol–water partition coefficient (Wildman–Crippen LogP) is 1.91. The van der Waals surface area contributed by atoms with Gasteiger partial charge in [0.05, 0.1) is 5.69 Å². The highest BCUT2D eigenvalue weighted by atomic mass is 16.4. The van der Waals surface area contributed by atoms with E-state index >= 15 is 0 Å². The molecule has 2 rings (SSSR count). The van der Waals surface area contributed by atoms with Crippen molar-refractivity contribution in [3.8, 4) is 0 Å². The molecule has 1 heterocycles. The summed E-state index contributed by atoms with van der Waals surface area (Å²) in [6.45, 7) is 3.97. The lowest BCUT2D eigenvalue weighted by molar-refractivity contribution is -0.138. The van der Waals surface area contributed by atoms with Gasteiger partial charge >= 0.3 is 5.97 Å². The topological polar surface area (TPSA) is 63.3 Å². The predicted molar refractivity (Wildman–Crippen MR) is 49.3 cm³/mol. The number of rotatable bonds is 2. The van der Waals surface area contributed by atoms with Crippen molar-refractivity contribution in [3.63, 3.8) is 0 Å². The third-order valence-electron chi connectivity index (χ3n) is 2.53. The average molecular weight is 195 g/mol. The van der Waals surface area contributed by atoms with Crippen molar-refractivity contribution in [2.24, 2.45) is 0 Å². The van der Waals surface area contributed by atoms with Crippen molar-refractivity contribution in [2.45, 2.75) is 38.5 Å². The molecule has 0 aromatic carbocycles. The number of carbonyl (C=O) groups is 1. The van der Waals surface area contributed by atoms with E-state index in [0.29, 0.717) is 24.4 Å². The maximum atomic E-state index is 10.9. The number of aryl methyl sites for hydroxylation is 1. The van der Waals surface area contributed by atoms with Crippen LogP contribution in [-0.4, -0.2) is 16.1 Å². The van der Waals surface area contributed by atoms with Gasteiger partial charge in [-0.25, -0.2) is 4.98 Å². The van der Waals surface area contributed by atoms with Crippen molar-refractivity contribution in [1.29, 1.82) is 0 Å². The molecular formula is C10H13NO3. The lowest BCUT2D eigenvalue weighted by atomic mass is 10.1. The summed E-state index contributed by atoms with van der Waals surface area (Å²) >= 11 is 0. The molecule has 0 aliphatic heterocycles. The second-order valence-corrected chi connectivity index (χ2v) is 3.94. The highest BCUT2D eigenvalue weighted by Crippen LogP contribution is 2.34. The summed E-state index contributed by atoms with van der Waals surface area (Å²) in [6.07, 6.45) is 1.32. The first kappa shape index (κ1) is 9.24. The normalized spacial score (nSPS) is 20.1. The summed E-state index contributed by atoms with van der Waals surface area (Å²) in [7, 11) is 0. The van der Waals surface area contributed by atoms with E-state index < -0.39 is 11.9 Å². The smallest absolute Gasteiger partial charge is 0.312 e. The molecule has 1 atom stereocenters. The molecule has 14 heavy (non-hydrogen) atoms. The van der Waals surface area contributed by atoms with Gasteiger partial charge in [-0.3, -0.25) is 4.79 Å². The Morgan fingerprint density at radius 3 is 2.93 bits per heavy atom. The first-order valence-electron chi connectivity index (χ1n) is 4.82. The first-order chi connectivity index (χ1) is 6.59. The summed E-state index contributed by atoms with van der Waals surface area (Å²) in [6, 6.07) is 0. The number of hydrogen-bond acceptors (Lipinski definition) is 3. The van der Waals surface area contributed by atoms with Gasteiger partial charge in [0.15, 0.2) is 5.89 Å². The van der Waals surface area contributed by atoms with E-state index in [1.807, 2.05) is 13.8 Å². The van der Waals surface area contributed by atoms with E-state index in [2.05, 4.69) is 4.98 Å². The molecule has 0 saturated heterocycles. The van der Waals surface area contributed by atoms with Crippen LogP contribution in [0.3, 0.4) is 0 Å². The van der Waals surface area contributed by atoms with Gasteiger partial charge in [0.2, 0.25) is 0 Å². The third-order valence-corrected chi connectivity index (χ3v) is 2.53. The van der Waals surface area contributed by atoms with E-state index in [1.165, 1.54) is 0 Å². The number of aliphatic carboxylic acids is 1.